The van der Waals surface area contributed by atoms with Crippen LogP contribution in [0.15, 0.2) is 14.6 Å². The number of rotatable bonds is 3. The molecule has 0 amide bonds. The third-order valence-electron chi connectivity index (χ3n) is 3.22. The van der Waals surface area contributed by atoms with Gasteiger partial charge in [-0.1, -0.05) is 0 Å². The van der Waals surface area contributed by atoms with Crippen LogP contribution in [0.4, 0.5) is 0 Å². The zero-order valence-corrected chi connectivity index (χ0v) is 11.0. The number of hydrogen-bond acceptors (Lipinski definition) is 5. The van der Waals surface area contributed by atoms with Gasteiger partial charge in [-0.05, 0) is 12.8 Å². The van der Waals surface area contributed by atoms with E-state index in [9.17, 15) is 14.7 Å². The molecule has 0 saturated carbocycles. The fraction of sp³-hybridized carbons (Fsp3) is 0.583. The van der Waals surface area contributed by atoms with Gasteiger partial charge in [0.1, 0.15) is 5.56 Å². The molecule has 1 aromatic heterocycles. The second kappa shape index (κ2) is 5.40. The van der Waals surface area contributed by atoms with Crippen molar-refractivity contribution in [3.63, 3.8) is 0 Å². The summed E-state index contributed by atoms with van der Waals surface area (Å²) in [4.78, 5) is 27.5. The van der Waals surface area contributed by atoms with Crippen LogP contribution in [0.25, 0.3) is 0 Å². The summed E-state index contributed by atoms with van der Waals surface area (Å²) in [6.07, 6.45) is 3.36. The minimum Gasteiger partial charge on any atom is -0.494 e. The number of hydrogen-bond donors (Lipinski definition) is 1. The van der Waals surface area contributed by atoms with E-state index in [-0.39, 0.29) is 17.5 Å². The van der Waals surface area contributed by atoms with Gasteiger partial charge in [0.15, 0.2) is 0 Å². The van der Waals surface area contributed by atoms with Crippen molar-refractivity contribution in [3.8, 4) is 5.88 Å². The lowest BCUT2D eigenvalue weighted by Crippen LogP contribution is -2.38. The van der Waals surface area contributed by atoms with Gasteiger partial charge in [0.25, 0.3) is 5.56 Å². The molecule has 1 aromatic rings. The molecule has 0 unspecified atom stereocenters. The molecule has 1 N–H and O–H groups in total. The Hall–Kier alpha value is -1.89. The van der Waals surface area contributed by atoms with Crippen LogP contribution in [-0.2, 0) is 18.8 Å². The lowest BCUT2D eigenvalue weighted by Gasteiger charge is -2.07. The minimum atomic E-state index is -0.571. The predicted molar refractivity (Wildman–Crippen MR) is 70.0 cm³/mol. The van der Waals surface area contributed by atoms with Crippen LogP contribution in [0.5, 0.6) is 5.88 Å². The molecule has 7 nitrogen and oxygen atoms in total. The number of nitrogens with zero attached hydrogens (tertiary/aromatic N) is 3. The molecule has 0 aliphatic carbocycles. The Labute approximate surface area is 109 Å². The van der Waals surface area contributed by atoms with Crippen LogP contribution in [-0.4, -0.2) is 39.7 Å². The summed E-state index contributed by atoms with van der Waals surface area (Å²) in [6.45, 7) is 1.19. The molecule has 0 radical (unpaired) electrons. The number of aromatic hydroxyl groups is 1. The maximum atomic E-state index is 11.9. The number of ether oxygens (including phenoxy) is 1. The third kappa shape index (κ3) is 2.60. The Morgan fingerprint density at radius 1 is 1.42 bits per heavy atom. The summed E-state index contributed by atoms with van der Waals surface area (Å²) in [6, 6.07) is 0. The minimum absolute atomic E-state index is 0.0163. The summed E-state index contributed by atoms with van der Waals surface area (Å²) in [5, 5.41) is 9.80. The SMILES string of the molecule is Cn1c(O)c(C=NC[C@@H]2CCCO2)c(=O)n(C)c1=O. The first-order valence-corrected chi connectivity index (χ1v) is 6.12. The maximum Gasteiger partial charge on any atom is 0.333 e. The highest BCUT2D eigenvalue weighted by atomic mass is 16.5. The Morgan fingerprint density at radius 2 is 2.16 bits per heavy atom. The molecule has 1 atom stereocenters. The lowest BCUT2D eigenvalue weighted by atomic mass is 10.2. The van der Waals surface area contributed by atoms with Crippen LogP contribution in [0, 0.1) is 0 Å². The van der Waals surface area contributed by atoms with Gasteiger partial charge >= 0.3 is 5.69 Å². The van der Waals surface area contributed by atoms with Crippen LogP contribution < -0.4 is 11.2 Å². The number of aromatic nitrogens is 2. The normalized spacial score (nSPS) is 19.4. The molecule has 1 fully saturated rings. The summed E-state index contributed by atoms with van der Waals surface area (Å²) in [5.41, 5.74) is -1.11. The van der Waals surface area contributed by atoms with E-state index in [0.717, 1.165) is 28.6 Å². The molecule has 1 aliphatic heterocycles. The second-order valence-corrected chi connectivity index (χ2v) is 4.57. The molecule has 2 rings (SSSR count). The summed E-state index contributed by atoms with van der Waals surface area (Å²) in [5.74, 6) is -0.371. The molecule has 19 heavy (non-hydrogen) atoms. The molecule has 0 aromatic carbocycles. The monoisotopic (exact) mass is 267 g/mol. The van der Waals surface area contributed by atoms with E-state index in [0.29, 0.717) is 6.54 Å². The average Bonchev–Trinajstić information content (AvgIpc) is 2.91. The van der Waals surface area contributed by atoms with E-state index in [1.165, 1.54) is 20.3 Å². The maximum absolute atomic E-state index is 11.9. The van der Waals surface area contributed by atoms with Crippen molar-refractivity contribution in [3.05, 3.63) is 26.4 Å². The Kier molecular flexibility index (Phi) is 3.84. The van der Waals surface area contributed by atoms with E-state index < -0.39 is 11.2 Å². The molecule has 104 valence electrons. The van der Waals surface area contributed by atoms with Crippen molar-refractivity contribution in [2.24, 2.45) is 19.1 Å². The molecule has 0 spiro atoms. The van der Waals surface area contributed by atoms with Gasteiger partial charge < -0.3 is 9.84 Å². The van der Waals surface area contributed by atoms with Crippen molar-refractivity contribution >= 4 is 6.21 Å². The summed E-state index contributed by atoms with van der Waals surface area (Å²) < 4.78 is 7.35. The molecule has 1 saturated heterocycles. The Morgan fingerprint density at radius 3 is 2.79 bits per heavy atom. The highest BCUT2D eigenvalue weighted by molar-refractivity contribution is 5.81. The van der Waals surface area contributed by atoms with Crippen molar-refractivity contribution in [2.45, 2.75) is 18.9 Å². The largest absolute Gasteiger partial charge is 0.494 e. The molecule has 1 aliphatic rings. The third-order valence-corrected chi connectivity index (χ3v) is 3.22. The Balaban J connectivity index is 2.27. The topological polar surface area (TPSA) is 85.8 Å². The van der Waals surface area contributed by atoms with Crippen molar-refractivity contribution in [2.75, 3.05) is 13.2 Å². The lowest BCUT2D eigenvalue weighted by molar-refractivity contribution is 0.118. The van der Waals surface area contributed by atoms with Gasteiger partial charge in [0, 0.05) is 26.9 Å². The van der Waals surface area contributed by atoms with Gasteiger partial charge in [-0.2, -0.15) is 0 Å². The van der Waals surface area contributed by atoms with Gasteiger partial charge in [-0.15, -0.1) is 0 Å². The van der Waals surface area contributed by atoms with E-state index in [1.807, 2.05) is 0 Å². The first kappa shape index (κ1) is 13.5. The standard InChI is InChI=1S/C12H17N3O4/c1-14-10(16)9(11(17)15(2)12(14)18)7-13-6-8-4-3-5-19-8/h7-8,16H,3-6H2,1-2H3/t8-/m0/s1. The Bertz CT molecular complexity index is 609. The second-order valence-electron chi connectivity index (χ2n) is 4.57. The zero-order valence-electron chi connectivity index (χ0n) is 11.0. The van der Waals surface area contributed by atoms with E-state index in [2.05, 4.69) is 4.99 Å². The van der Waals surface area contributed by atoms with E-state index in [4.69, 9.17) is 4.74 Å². The highest BCUT2D eigenvalue weighted by Crippen LogP contribution is 2.12. The van der Waals surface area contributed by atoms with Crippen LogP contribution >= 0.6 is 0 Å². The molecule has 0 bridgehead atoms. The fourth-order valence-corrected chi connectivity index (χ4v) is 2.02. The molecule has 2 heterocycles. The van der Waals surface area contributed by atoms with Crippen molar-refractivity contribution in [1.29, 1.82) is 0 Å². The van der Waals surface area contributed by atoms with Gasteiger partial charge in [-0.3, -0.25) is 18.9 Å². The van der Waals surface area contributed by atoms with E-state index in [1.54, 1.807) is 0 Å². The first-order chi connectivity index (χ1) is 9.02. The van der Waals surface area contributed by atoms with Crippen molar-refractivity contribution in [1.82, 2.24) is 9.13 Å². The highest BCUT2D eigenvalue weighted by Gasteiger charge is 2.15. The quantitative estimate of drug-likeness (QED) is 0.740. The molecule has 7 heteroatoms. The van der Waals surface area contributed by atoms with Crippen molar-refractivity contribution < 1.29 is 9.84 Å². The van der Waals surface area contributed by atoms with Gasteiger partial charge in [-0.25, -0.2) is 4.79 Å². The first-order valence-electron chi connectivity index (χ1n) is 6.12. The fourth-order valence-electron chi connectivity index (χ4n) is 2.02. The number of aliphatic imine (C=N–C) groups is 1. The predicted octanol–water partition coefficient (Wildman–Crippen LogP) is -0.612. The van der Waals surface area contributed by atoms with Gasteiger partial charge in [0.05, 0.1) is 12.6 Å². The van der Waals surface area contributed by atoms with Gasteiger partial charge in [0.2, 0.25) is 5.88 Å². The van der Waals surface area contributed by atoms with Crippen LogP contribution in [0.3, 0.4) is 0 Å². The summed E-state index contributed by atoms with van der Waals surface area (Å²) in [7, 11) is 2.76. The molecular weight excluding hydrogens is 250 g/mol. The van der Waals surface area contributed by atoms with E-state index >= 15 is 0 Å². The smallest absolute Gasteiger partial charge is 0.333 e. The zero-order chi connectivity index (χ0) is 14.0. The van der Waals surface area contributed by atoms with Crippen LogP contribution in [0.2, 0.25) is 0 Å². The summed E-state index contributed by atoms with van der Waals surface area (Å²) >= 11 is 0. The van der Waals surface area contributed by atoms with Crippen LogP contribution in [0.1, 0.15) is 18.4 Å². The molecular formula is C12H17N3O4. The average molecular weight is 267 g/mol.